The molecular weight excluding hydrogens is 230 g/mol. The van der Waals surface area contributed by atoms with Crippen LogP contribution in [0.2, 0.25) is 0 Å². The Balaban J connectivity index is 1.80. The Hall–Kier alpha value is -0.610. The van der Waals surface area contributed by atoms with Crippen LogP contribution in [0.5, 0.6) is 0 Å². The largest absolute Gasteiger partial charge is 0.348 e. The highest BCUT2D eigenvalue weighted by Gasteiger charge is 2.27. The van der Waals surface area contributed by atoms with Crippen LogP contribution < -0.4 is 10.6 Å². The lowest BCUT2D eigenvalue weighted by Gasteiger charge is -2.15. The van der Waals surface area contributed by atoms with Crippen LogP contribution >= 0.6 is 11.3 Å². The lowest BCUT2D eigenvalue weighted by atomic mass is 9.99. The molecule has 1 aliphatic carbocycles. The molecule has 2 heterocycles. The molecule has 0 radical (unpaired) electrons. The second kappa shape index (κ2) is 4.58. The number of nitrogens with two attached hydrogens (primary N) is 1. The van der Waals surface area contributed by atoms with E-state index in [2.05, 4.69) is 11.8 Å². The zero-order valence-electron chi connectivity index (χ0n) is 10.5. The van der Waals surface area contributed by atoms with Gasteiger partial charge in [0.05, 0.1) is 5.69 Å². The van der Waals surface area contributed by atoms with Gasteiger partial charge in [-0.05, 0) is 31.6 Å². The van der Waals surface area contributed by atoms with Crippen molar-refractivity contribution in [3.05, 3.63) is 10.6 Å². The van der Waals surface area contributed by atoms with Crippen LogP contribution in [0.1, 0.15) is 49.2 Å². The van der Waals surface area contributed by atoms with Crippen molar-refractivity contribution < 1.29 is 0 Å². The Bertz CT molecular complexity index is 401. The molecule has 2 N–H and O–H groups in total. The molecule has 1 aliphatic heterocycles. The van der Waals surface area contributed by atoms with Gasteiger partial charge >= 0.3 is 0 Å². The van der Waals surface area contributed by atoms with E-state index in [0.717, 1.165) is 18.8 Å². The predicted octanol–water partition coefficient (Wildman–Crippen LogP) is 2.72. The second-order valence-electron chi connectivity index (χ2n) is 5.32. The maximum atomic E-state index is 6.16. The molecule has 94 valence electrons. The first-order valence-electron chi connectivity index (χ1n) is 6.78. The molecule has 0 spiro atoms. The monoisotopic (exact) mass is 251 g/mol. The van der Waals surface area contributed by atoms with E-state index < -0.39 is 0 Å². The van der Waals surface area contributed by atoms with Gasteiger partial charge in [-0.25, -0.2) is 4.98 Å². The molecule has 1 saturated heterocycles. The lowest BCUT2D eigenvalue weighted by Crippen LogP contribution is -2.19. The molecule has 2 aliphatic rings. The maximum Gasteiger partial charge on any atom is 0.185 e. The average molecular weight is 251 g/mol. The summed E-state index contributed by atoms with van der Waals surface area (Å²) in [7, 11) is 0. The van der Waals surface area contributed by atoms with Crippen LogP contribution in [-0.2, 0) is 6.42 Å². The summed E-state index contributed by atoms with van der Waals surface area (Å²) in [6.45, 7) is 4.66. The maximum absolute atomic E-state index is 6.16. The first kappa shape index (κ1) is 11.5. The first-order valence-corrected chi connectivity index (χ1v) is 7.59. The van der Waals surface area contributed by atoms with E-state index in [0.29, 0.717) is 0 Å². The third-order valence-electron chi connectivity index (χ3n) is 4.12. The molecule has 1 fully saturated rings. The molecular formula is C13H21N3S. The van der Waals surface area contributed by atoms with E-state index in [4.69, 9.17) is 10.7 Å². The summed E-state index contributed by atoms with van der Waals surface area (Å²) in [5.41, 5.74) is 7.44. The SMILES string of the molecule is CCC1CCN(c2nc3c(s2)C(N)CCC3)C1. The van der Waals surface area contributed by atoms with Gasteiger partial charge in [0.1, 0.15) is 0 Å². The number of nitrogens with zero attached hydrogens (tertiary/aromatic N) is 2. The van der Waals surface area contributed by atoms with Gasteiger partial charge in [-0.3, -0.25) is 0 Å². The van der Waals surface area contributed by atoms with Crippen molar-refractivity contribution >= 4 is 16.5 Å². The molecule has 0 bridgehead atoms. The van der Waals surface area contributed by atoms with Gasteiger partial charge in [-0.15, -0.1) is 0 Å². The van der Waals surface area contributed by atoms with Gasteiger partial charge in [-0.2, -0.15) is 0 Å². The van der Waals surface area contributed by atoms with Gasteiger partial charge in [0.2, 0.25) is 0 Å². The summed E-state index contributed by atoms with van der Waals surface area (Å²) >= 11 is 1.84. The second-order valence-corrected chi connectivity index (χ2v) is 6.32. The summed E-state index contributed by atoms with van der Waals surface area (Å²) in [4.78, 5) is 8.63. The van der Waals surface area contributed by atoms with Gasteiger partial charge in [0.15, 0.2) is 5.13 Å². The third-order valence-corrected chi connectivity index (χ3v) is 5.41. The average Bonchev–Trinajstić information content (AvgIpc) is 2.95. The number of anilines is 1. The molecule has 0 aromatic carbocycles. The summed E-state index contributed by atoms with van der Waals surface area (Å²) in [6, 6.07) is 0.245. The fourth-order valence-electron chi connectivity index (χ4n) is 2.91. The molecule has 17 heavy (non-hydrogen) atoms. The molecule has 0 saturated carbocycles. The van der Waals surface area contributed by atoms with Crippen molar-refractivity contribution in [3.8, 4) is 0 Å². The Kier molecular flexibility index (Phi) is 3.09. The minimum Gasteiger partial charge on any atom is -0.348 e. The van der Waals surface area contributed by atoms with Crippen molar-refractivity contribution in [2.45, 2.75) is 45.1 Å². The van der Waals surface area contributed by atoms with Crippen molar-refractivity contribution in [3.63, 3.8) is 0 Å². The molecule has 3 nitrogen and oxygen atoms in total. The van der Waals surface area contributed by atoms with E-state index in [1.165, 1.54) is 48.1 Å². The smallest absolute Gasteiger partial charge is 0.185 e. The Morgan fingerprint density at radius 3 is 3.06 bits per heavy atom. The van der Waals surface area contributed by atoms with Gasteiger partial charge in [0.25, 0.3) is 0 Å². The Morgan fingerprint density at radius 1 is 1.47 bits per heavy atom. The molecule has 3 rings (SSSR count). The highest BCUT2D eigenvalue weighted by molar-refractivity contribution is 7.15. The van der Waals surface area contributed by atoms with E-state index >= 15 is 0 Å². The van der Waals surface area contributed by atoms with Crippen LogP contribution in [0.25, 0.3) is 0 Å². The van der Waals surface area contributed by atoms with E-state index in [1.54, 1.807) is 0 Å². The van der Waals surface area contributed by atoms with Crippen molar-refractivity contribution in [2.24, 2.45) is 11.7 Å². The number of hydrogen-bond acceptors (Lipinski definition) is 4. The molecule has 2 unspecified atom stereocenters. The van der Waals surface area contributed by atoms with Gasteiger partial charge < -0.3 is 10.6 Å². The molecule has 1 aromatic heterocycles. The minimum absolute atomic E-state index is 0.245. The van der Waals surface area contributed by atoms with Crippen molar-refractivity contribution in [1.29, 1.82) is 0 Å². The number of aromatic nitrogens is 1. The normalized spacial score (nSPS) is 28.5. The number of aryl methyl sites for hydroxylation is 1. The number of hydrogen-bond donors (Lipinski definition) is 1. The highest BCUT2D eigenvalue weighted by Crippen LogP contribution is 2.38. The van der Waals surface area contributed by atoms with E-state index in [9.17, 15) is 0 Å². The number of thiazole rings is 1. The van der Waals surface area contributed by atoms with Crippen molar-refractivity contribution in [2.75, 3.05) is 18.0 Å². The van der Waals surface area contributed by atoms with Crippen LogP contribution in [-0.4, -0.2) is 18.1 Å². The van der Waals surface area contributed by atoms with Crippen LogP contribution in [0.15, 0.2) is 0 Å². The molecule has 1 aromatic rings. The Labute approximate surface area is 107 Å². The highest BCUT2D eigenvalue weighted by atomic mass is 32.1. The van der Waals surface area contributed by atoms with Crippen LogP contribution in [0.4, 0.5) is 5.13 Å². The standard InChI is InChI=1S/C13H21N3S/c1-2-9-6-7-16(8-9)13-15-11-5-3-4-10(14)12(11)17-13/h9-10H,2-8,14H2,1H3. The summed E-state index contributed by atoms with van der Waals surface area (Å²) in [6.07, 6.45) is 6.08. The van der Waals surface area contributed by atoms with Gasteiger partial charge in [0, 0.05) is 24.0 Å². The summed E-state index contributed by atoms with van der Waals surface area (Å²) in [5.74, 6) is 0.865. The van der Waals surface area contributed by atoms with Gasteiger partial charge in [-0.1, -0.05) is 24.7 Å². The summed E-state index contributed by atoms with van der Waals surface area (Å²) < 4.78 is 0. The lowest BCUT2D eigenvalue weighted by molar-refractivity contribution is 0.568. The quantitative estimate of drug-likeness (QED) is 0.879. The van der Waals surface area contributed by atoms with Crippen molar-refractivity contribution in [1.82, 2.24) is 4.98 Å². The molecule has 2 atom stereocenters. The predicted molar refractivity (Wildman–Crippen MR) is 72.6 cm³/mol. The van der Waals surface area contributed by atoms with Crippen LogP contribution in [0, 0.1) is 5.92 Å². The number of fused-ring (bicyclic) bond motifs is 1. The molecule has 0 amide bonds. The first-order chi connectivity index (χ1) is 8.28. The zero-order valence-corrected chi connectivity index (χ0v) is 11.3. The molecule has 4 heteroatoms. The topological polar surface area (TPSA) is 42.2 Å². The van der Waals surface area contributed by atoms with Crippen LogP contribution in [0.3, 0.4) is 0 Å². The minimum atomic E-state index is 0.245. The third kappa shape index (κ3) is 2.08. The zero-order chi connectivity index (χ0) is 11.8. The van der Waals surface area contributed by atoms with E-state index in [-0.39, 0.29) is 6.04 Å². The van der Waals surface area contributed by atoms with E-state index in [1.807, 2.05) is 11.3 Å². The Morgan fingerprint density at radius 2 is 2.35 bits per heavy atom. The summed E-state index contributed by atoms with van der Waals surface area (Å²) in [5, 5.41) is 1.23. The fraction of sp³-hybridized carbons (Fsp3) is 0.769. The number of rotatable bonds is 2. The fourth-order valence-corrected chi connectivity index (χ4v) is 4.10.